The monoisotopic (exact) mass is 268 g/mol. The molecule has 1 aromatic carbocycles. The van der Waals surface area contributed by atoms with Crippen LogP contribution in [0.5, 0.6) is 5.75 Å². The molecule has 3 N–H and O–H groups in total. The van der Waals surface area contributed by atoms with Crippen LogP contribution in [0.1, 0.15) is 12.1 Å². The van der Waals surface area contributed by atoms with Crippen molar-refractivity contribution in [3.05, 3.63) is 48.2 Å². The first kappa shape index (κ1) is 13.7. The Bertz CT molecular complexity index is 593. The largest absolute Gasteiger partial charge is 0.494 e. The predicted molar refractivity (Wildman–Crippen MR) is 78.4 cm³/mol. The van der Waals surface area contributed by atoms with Crippen molar-refractivity contribution in [2.24, 2.45) is 0 Å². The van der Waals surface area contributed by atoms with Crippen LogP contribution < -0.4 is 15.8 Å². The summed E-state index contributed by atoms with van der Waals surface area (Å²) in [6, 6.07) is 15.1. The topological polar surface area (TPSA) is 84.0 Å². The standard InChI is InChI=1S/C15H16N4O/c16-11-14-13(17)7-8-15(19-14)18-9-4-10-20-12-5-2-1-3-6-12/h1-3,5-8H,4,9-10,17H2,(H,18,19). The lowest BCUT2D eigenvalue weighted by molar-refractivity contribution is 0.315. The highest BCUT2D eigenvalue weighted by molar-refractivity contribution is 5.54. The molecule has 20 heavy (non-hydrogen) atoms. The van der Waals surface area contributed by atoms with Crippen molar-refractivity contribution in [1.29, 1.82) is 5.26 Å². The Kier molecular flexibility index (Phi) is 4.79. The molecule has 0 saturated carbocycles. The van der Waals surface area contributed by atoms with Gasteiger partial charge in [0, 0.05) is 6.54 Å². The van der Waals surface area contributed by atoms with Crippen molar-refractivity contribution >= 4 is 11.5 Å². The Labute approximate surface area is 118 Å². The Morgan fingerprint density at radius 3 is 2.75 bits per heavy atom. The molecule has 2 aromatic rings. The molecule has 0 aliphatic heterocycles. The number of pyridine rings is 1. The minimum atomic E-state index is 0.246. The summed E-state index contributed by atoms with van der Waals surface area (Å²) < 4.78 is 5.58. The van der Waals surface area contributed by atoms with E-state index in [1.54, 1.807) is 12.1 Å². The number of ether oxygens (including phenoxy) is 1. The van der Waals surface area contributed by atoms with E-state index in [9.17, 15) is 0 Å². The molecule has 5 heteroatoms. The number of anilines is 2. The van der Waals surface area contributed by atoms with Gasteiger partial charge in [0.05, 0.1) is 12.3 Å². The number of nitrogen functional groups attached to an aromatic ring is 1. The maximum Gasteiger partial charge on any atom is 0.165 e. The van der Waals surface area contributed by atoms with Gasteiger partial charge in [0.25, 0.3) is 0 Å². The second kappa shape index (κ2) is 7.00. The van der Waals surface area contributed by atoms with Crippen LogP contribution in [0.3, 0.4) is 0 Å². The van der Waals surface area contributed by atoms with Crippen LogP contribution >= 0.6 is 0 Å². The zero-order valence-electron chi connectivity index (χ0n) is 11.0. The van der Waals surface area contributed by atoms with Gasteiger partial charge < -0.3 is 15.8 Å². The quantitative estimate of drug-likeness (QED) is 0.786. The first-order chi connectivity index (χ1) is 9.79. The number of hydrogen-bond acceptors (Lipinski definition) is 5. The molecule has 0 fully saturated rings. The normalized spacial score (nSPS) is 9.75. The summed E-state index contributed by atoms with van der Waals surface area (Å²) in [5.74, 6) is 1.51. The number of nitrogens with two attached hydrogens (primary N) is 1. The molecular weight excluding hydrogens is 252 g/mol. The van der Waals surface area contributed by atoms with Crippen LogP contribution in [0.2, 0.25) is 0 Å². The summed E-state index contributed by atoms with van der Waals surface area (Å²) in [6.45, 7) is 1.34. The summed E-state index contributed by atoms with van der Waals surface area (Å²) in [5.41, 5.74) is 6.25. The second-order valence-electron chi connectivity index (χ2n) is 4.19. The number of aromatic nitrogens is 1. The average molecular weight is 268 g/mol. The third-order valence-corrected chi connectivity index (χ3v) is 2.67. The van der Waals surface area contributed by atoms with E-state index in [2.05, 4.69) is 10.3 Å². The van der Waals surface area contributed by atoms with Crippen molar-refractivity contribution in [2.75, 3.05) is 24.2 Å². The molecule has 0 bridgehead atoms. The van der Waals surface area contributed by atoms with Crippen molar-refractivity contribution in [3.8, 4) is 11.8 Å². The fourth-order valence-electron chi connectivity index (χ4n) is 1.65. The van der Waals surface area contributed by atoms with E-state index in [0.29, 0.717) is 24.7 Å². The predicted octanol–water partition coefficient (Wildman–Crippen LogP) is 2.42. The molecule has 0 radical (unpaired) electrons. The van der Waals surface area contributed by atoms with Crippen LogP contribution in [0.25, 0.3) is 0 Å². The van der Waals surface area contributed by atoms with Gasteiger partial charge in [-0.2, -0.15) is 5.26 Å². The molecule has 1 aromatic heterocycles. The fraction of sp³-hybridized carbons (Fsp3) is 0.200. The van der Waals surface area contributed by atoms with E-state index in [4.69, 9.17) is 15.7 Å². The summed E-state index contributed by atoms with van der Waals surface area (Å²) >= 11 is 0. The van der Waals surface area contributed by atoms with E-state index < -0.39 is 0 Å². The SMILES string of the molecule is N#Cc1nc(NCCCOc2ccccc2)ccc1N. The van der Waals surface area contributed by atoms with Gasteiger partial charge in [-0.15, -0.1) is 0 Å². The van der Waals surface area contributed by atoms with Gasteiger partial charge in [-0.05, 0) is 30.7 Å². The van der Waals surface area contributed by atoms with Gasteiger partial charge in [0.15, 0.2) is 5.69 Å². The summed E-state index contributed by atoms with van der Waals surface area (Å²) in [4.78, 5) is 4.11. The minimum absolute atomic E-state index is 0.246. The molecule has 1 heterocycles. The summed E-state index contributed by atoms with van der Waals surface area (Å²) in [5, 5.41) is 12.0. The molecule has 0 aliphatic rings. The highest BCUT2D eigenvalue weighted by Gasteiger charge is 2.01. The van der Waals surface area contributed by atoms with E-state index in [0.717, 1.165) is 12.2 Å². The maximum absolute atomic E-state index is 8.84. The van der Waals surface area contributed by atoms with Crippen molar-refractivity contribution in [2.45, 2.75) is 6.42 Å². The molecule has 5 nitrogen and oxygen atoms in total. The summed E-state index contributed by atoms with van der Waals surface area (Å²) in [6.07, 6.45) is 0.836. The highest BCUT2D eigenvalue weighted by atomic mass is 16.5. The molecule has 0 aliphatic carbocycles. The number of rotatable bonds is 6. The van der Waals surface area contributed by atoms with E-state index in [1.165, 1.54) is 0 Å². The fourth-order valence-corrected chi connectivity index (χ4v) is 1.65. The highest BCUT2D eigenvalue weighted by Crippen LogP contribution is 2.12. The van der Waals surface area contributed by atoms with Crippen LogP contribution in [-0.4, -0.2) is 18.1 Å². The lowest BCUT2D eigenvalue weighted by Gasteiger charge is -2.08. The van der Waals surface area contributed by atoms with Gasteiger partial charge in [-0.3, -0.25) is 0 Å². The molecule has 2 rings (SSSR count). The number of benzene rings is 1. The molecule has 0 atom stereocenters. The lowest BCUT2D eigenvalue weighted by atomic mass is 10.3. The molecule has 0 unspecified atom stereocenters. The lowest BCUT2D eigenvalue weighted by Crippen LogP contribution is -2.09. The number of hydrogen-bond donors (Lipinski definition) is 2. The number of para-hydroxylation sites is 1. The van der Waals surface area contributed by atoms with Crippen LogP contribution in [0.15, 0.2) is 42.5 Å². The zero-order valence-corrected chi connectivity index (χ0v) is 11.0. The van der Waals surface area contributed by atoms with Gasteiger partial charge in [-0.25, -0.2) is 4.98 Å². The Balaban J connectivity index is 1.72. The van der Waals surface area contributed by atoms with E-state index in [-0.39, 0.29) is 5.69 Å². The van der Waals surface area contributed by atoms with Gasteiger partial charge in [0.2, 0.25) is 0 Å². The maximum atomic E-state index is 8.84. The number of nitriles is 1. The Morgan fingerprint density at radius 1 is 1.20 bits per heavy atom. The first-order valence-electron chi connectivity index (χ1n) is 6.38. The minimum Gasteiger partial charge on any atom is -0.494 e. The van der Waals surface area contributed by atoms with Crippen molar-refractivity contribution in [1.82, 2.24) is 4.98 Å². The number of nitrogens with one attached hydrogen (secondary N) is 1. The molecule has 0 amide bonds. The molecular formula is C15H16N4O. The third kappa shape index (κ3) is 3.89. The van der Waals surface area contributed by atoms with Gasteiger partial charge in [0.1, 0.15) is 17.6 Å². The van der Waals surface area contributed by atoms with Crippen molar-refractivity contribution < 1.29 is 4.74 Å². The van der Waals surface area contributed by atoms with Gasteiger partial charge in [-0.1, -0.05) is 18.2 Å². The average Bonchev–Trinajstić information content (AvgIpc) is 2.49. The van der Waals surface area contributed by atoms with Crippen LogP contribution in [0.4, 0.5) is 11.5 Å². The van der Waals surface area contributed by atoms with Gasteiger partial charge >= 0.3 is 0 Å². The Morgan fingerprint density at radius 2 is 2.00 bits per heavy atom. The van der Waals surface area contributed by atoms with Crippen LogP contribution in [0, 0.1) is 11.3 Å². The summed E-state index contributed by atoms with van der Waals surface area (Å²) in [7, 11) is 0. The van der Waals surface area contributed by atoms with E-state index in [1.807, 2.05) is 36.4 Å². The van der Waals surface area contributed by atoms with Crippen LogP contribution in [-0.2, 0) is 0 Å². The smallest absolute Gasteiger partial charge is 0.165 e. The molecule has 102 valence electrons. The Hall–Kier alpha value is -2.74. The molecule has 0 spiro atoms. The van der Waals surface area contributed by atoms with Crippen molar-refractivity contribution in [3.63, 3.8) is 0 Å². The third-order valence-electron chi connectivity index (χ3n) is 2.67. The van der Waals surface area contributed by atoms with E-state index >= 15 is 0 Å². The number of nitrogens with zero attached hydrogens (tertiary/aromatic N) is 2. The zero-order chi connectivity index (χ0) is 14.2. The molecule has 0 saturated heterocycles. The first-order valence-corrected chi connectivity index (χ1v) is 6.38. The second-order valence-corrected chi connectivity index (χ2v) is 4.19.